The van der Waals surface area contributed by atoms with E-state index in [1.165, 1.54) is 6.20 Å². The van der Waals surface area contributed by atoms with Crippen LogP contribution in [0.3, 0.4) is 0 Å². The van der Waals surface area contributed by atoms with E-state index in [-0.39, 0.29) is 0 Å². The third-order valence-electron chi connectivity index (χ3n) is 1.98. The van der Waals surface area contributed by atoms with Crippen molar-refractivity contribution in [2.75, 3.05) is 0 Å². The average Bonchev–Trinajstić information content (AvgIpc) is 2.19. The normalized spacial score (nSPS) is 10.6. The van der Waals surface area contributed by atoms with E-state index >= 15 is 0 Å². The summed E-state index contributed by atoms with van der Waals surface area (Å²) < 4.78 is 1.72. The van der Waals surface area contributed by atoms with Crippen LogP contribution in [0.15, 0.2) is 27.3 Å². The fraction of sp³-hybridized carbons (Fsp3) is 0. The molecule has 0 aliphatic heterocycles. The fourth-order valence-electron chi connectivity index (χ4n) is 1.29. The highest BCUT2D eigenvalue weighted by molar-refractivity contribution is 9.11. The number of aldehydes is 1. The van der Waals surface area contributed by atoms with Crippen LogP contribution in [0.4, 0.5) is 0 Å². The Hall–Kier alpha value is -0.450. The molecule has 0 N–H and O–H groups in total. The minimum Gasteiger partial charge on any atom is -0.298 e. The van der Waals surface area contributed by atoms with Gasteiger partial charge >= 0.3 is 0 Å². The zero-order valence-corrected chi connectivity index (χ0v) is 11.2. The first kappa shape index (κ1) is 11.0. The number of carbonyl (C=O) groups excluding carboxylic acids is 1. The second kappa shape index (κ2) is 4.20. The van der Waals surface area contributed by atoms with Crippen molar-refractivity contribution in [1.82, 2.24) is 4.98 Å². The molecule has 0 saturated carbocycles. The van der Waals surface area contributed by atoms with Crippen molar-refractivity contribution < 1.29 is 4.79 Å². The minimum absolute atomic E-state index is 0.397. The number of aromatic nitrogens is 1. The summed E-state index contributed by atoms with van der Waals surface area (Å²) >= 11 is 12.8. The van der Waals surface area contributed by atoms with E-state index in [4.69, 9.17) is 11.6 Å². The summed E-state index contributed by atoms with van der Waals surface area (Å²) in [5.74, 6) is 0. The lowest BCUT2D eigenvalue weighted by molar-refractivity contribution is 0.112. The third-order valence-corrected chi connectivity index (χ3v) is 3.46. The highest BCUT2D eigenvalue weighted by Crippen LogP contribution is 2.32. The van der Waals surface area contributed by atoms with E-state index in [0.717, 1.165) is 19.8 Å². The summed E-state index contributed by atoms with van der Waals surface area (Å²) in [5.41, 5.74) is 1.14. The molecule has 0 radical (unpaired) electrons. The molecule has 0 unspecified atom stereocenters. The van der Waals surface area contributed by atoms with Crippen LogP contribution in [-0.2, 0) is 0 Å². The van der Waals surface area contributed by atoms with Crippen molar-refractivity contribution in [3.8, 4) is 0 Å². The maximum absolute atomic E-state index is 10.7. The topological polar surface area (TPSA) is 30.0 Å². The van der Waals surface area contributed by atoms with Gasteiger partial charge in [-0.3, -0.25) is 9.78 Å². The highest BCUT2D eigenvalue weighted by atomic mass is 79.9. The van der Waals surface area contributed by atoms with Crippen molar-refractivity contribution in [1.29, 1.82) is 0 Å². The molecule has 15 heavy (non-hydrogen) atoms. The molecule has 0 atom stereocenters. The molecule has 0 spiro atoms. The molecule has 0 amide bonds. The molecule has 2 nitrogen and oxygen atoms in total. The summed E-state index contributed by atoms with van der Waals surface area (Å²) in [7, 11) is 0. The van der Waals surface area contributed by atoms with Crippen molar-refractivity contribution >= 4 is 60.6 Å². The number of carbonyl (C=O) groups is 1. The molecule has 0 aliphatic carbocycles. The molecule has 0 fully saturated rings. The smallest absolute Gasteiger partial charge is 0.153 e. The van der Waals surface area contributed by atoms with Crippen LogP contribution >= 0.6 is 43.5 Å². The van der Waals surface area contributed by atoms with Gasteiger partial charge in [0.2, 0.25) is 0 Å². The number of fused-ring (bicyclic) bond motifs is 1. The average molecular weight is 349 g/mol. The van der Waals surface area contributed by atoms with Crippen LogP contribution in [-0.4, -0.2) is 11.3 Å². The van der Waals surface area contributed by atoms with Gasteiger partial charge in [-0.2, -0.15) is 0 Å². The molecule has 2 rings (SSSR count). The SMILES string of the molecule is O=Cc1cnc2c(Br)cc(Br)cc2c1Cl. The Morgan fingerprint density at radius 1 is 1.33 bits per heavy atom. The predicted octanol–water partition coefficient (Wildman–Crippen LogP) is 4.23. The molecule has 0 bridgehead atoms. The standard InChI is InChI=1S/C10H4Br2ClNO/c11-6-1-7-9(13)5(4-15)3-14-10(7)8(12)2-6/h1-4H. The fourth-order valence-corrected chi connectivity index (χ4v) is 2.86. The van der Waals surface area contributed by atoms with Gasteiger partial charge < -0.3 is 0 Å². The van der Waals surface area contributed by atoms with E-state index in [9.17, 15) is 4.79 Å². The van der Waals surface area contributed by atoms with E-state index in [1.807, 2.05) is 12.1 Å². The van der Waals surface area contributed by atoms with Crippen molar-refractivity contribution in [3.05, 3.63) is 37.9 Å². The lowest BCUT2D eigenvalue weighted by Gasteiger charge is -2.04. The highest BCUT2D eigenvalue weighted by Gasteiger charge is 2.09. The van der Waals surface area contributed by atoms with E-state index in [2.05, 4.69) is 36.8 Å². The largest absolute Gasteiger partial charge is 0.298 e. The first-order chi connectivity index (χ1) is 7.13. The summed E-state index contributed by atoms with van der Waals surface area (Å²) in [5, 5.41) is 1.18. The Labute approximate surface area is 108 Å². The summed E-state index contributed by atoms with van der Waals surface area (Å²) in [6.45, 7) is 0. The molecule has 1 heterocycles. The van der Waals surface area contributed by atoms with E-state index < -0.39 is 0 Å². The number of halogens is 3. The van der Waals surface area contributed by atoms with E-state index in [0.29, 0.717) is 16.9 Å². The molecule has 0 saturated heterocycles. The van der Waals surface area contributed by atoms with Gasteiger partial charge in [0.1, 0.15) is 0 Å². The number of hydrogen-bond donors (Lipinski definition) is 0. The maximum Gasteiger partial charge on any atom is 0.153 e. The first-order valence-electron chi connectivity index (χ1n) is 4.02. The Kier molecular flexibility index (Phi) is 3.09. The number of benzene rings is 1. The van der Waals surface area contributed by atoms with Crippen LogP contribution < -0.4 is 0 Å². The van der Waals surface area contributed by atoms with Gasteiger partial charge in [0.25, 0.3) is 0 Å². The van der Waals surface area contributed by atoms with E-state index in [1.54, 1.807) is 0 Å². The first-order valence-corrected chi connectivity index (χ1v) is 5.98. The molecule has 76 valence electrons. The van der Waals surface area contributed by atoms with Crippen LogP contribution in [0.2, 0.25) is 5.02 Å². The van der Waals surface area contributed by atoms with Crippen molar-refractivity contribution in [2.45, 2.75) is 0 Å². The van der Waals surface area contributed by atoms with Crippen LogP contribution in [0.1, 0.15) is 10.4 Å². The van der Waals surface area contributed by atoms with Crippen molar-refractivity contribution in [2.24, 2.45) is 0 Å². The number of hydrogen-bond acceptors (Lipinski definition) is 2. The monoisotopic (exact) mass is 347 g/mol. The lowest BCUT2D eigenvalue weighted by Crippen LogP contribution is -1.88. The Bertz CT molecular complexity index is 557. The zero-order chi connectivity index (χ0) is 11.0. The Balaban J connectivity index is 2.92. The predicted molar refractivity (Wildman–Crippen MR) is 67.5 cm³/mol. The summed E-state index contributed by atoms with van der Waals surface area (Å²) in [6, 6.07) is 3.72. The summed E-state index contributed by atoms with van der Waals surface area (Å²) in [4.78, 5) is 14.9. The molecule has 0 aliphatic rings. The second-order valence-electron chi connectivity index (χ2n) is 2.93. The van der Waals surface area contributed by atoms with Crippen LogP contribution in [0.25, 0.3) is 10.9 Å². The molecule has 1 aromatic carbocycles. The molecular weight excluding hydrogens is 345 g/mol. The minimum atomic E-state index is 0.397. The quantitative estimate of drug-likeness (QED) is 0.722. The molecule has 2 aromatic rings. The van der Waals surface area contributed by atoms with Gasteiger partial charge in [0.15, 0.2) is 6.29 Å². The van der Waals surface area contributed by atoms with Crippen LogP contribution in [0, 0.1) is 0 Å². The van der Waals surface area contributed by atoms with Gasteiger partial charge in [0.05, 0.1) is 16.1 Å². The van der Waals surface area contributed by atoms with Gasteiger partial charge in [-0.15, -0.1) is 0 Å². The molecule has 5 heteroatoms. The maximum atomic E-state index is 10.7. The lowest BCUT2D eigenvalue weighted by atomic mass is 10.2. The Morgan fingerprint density at radius 3 is 2.73 bits per heavy atom. The summed E-state index contributed by atoms with van der Waals surface area (Å²) in [6.07, 6.45) is 2.17. The van der Waals surface area contributed by atoms with Gasteiger partial charge in [-0.1, -0.05) is 27.5 Å². The number of nitrogens with zero attached hydrogens (tertiary/aromatic N) is 1. The second-order valence-corrected chi connectivity index (χ2v) is 5.08. The van der Waals surface area contributed by atoms with Gasteiger partial charge in [0, 0.05) is 20.5 Å². The van der Waals surface area contributed by atoms with Crippen LogP contribution in [0.5, 0.6) is 0 Å². The number of pyridine rings is 1. The van der Waals surface area contributed by atoms with Crippen molar-refractivity contribution in [3.63, 3.8) is 0 Å². The zero-order valence-electron chi connectivity index (χ0n) is 7.30. The molecular formula is C10H4Br2ClNO. The van der Waals surface area contributed by atoms with Gasteiger partial charge in [-0.05, 0) is 28.1 Å². The number of rotatable bonds is 1. The molecule has 1 aromatic heterocycles. The third kappa shape index (κ3) is 1.94. The Morgan fingerprint density at radius 2 is 2.07 bits per heavy atom. The van der Waals surface area contributed by atoms with Gasteiger partial charge in [-0.25, -0.2) is 0 Å².